The molecule has 4 unspecified atom stereocenters. The van der Waals surface area contributed by atoms with Crippen LogP contribution in [-0.4, -0.2) is 69.0 Å². The third-order valence-corrected chi connectivity index (χ3v) is 8.74. The minimum Gasteiger partial charge on any atom is -0.460 e. The standard InChI is InChI=1S/C34H50N4O6S/c1-21(23-14-16-24(17-15-23)29-22(2)35-20-45-29)36-31(42)26-18-25(39)19-38(26)32(43)30(33(3,4)5)37-27(40)12-10-9-11-13-28(41)44-34(6,7)8/h14-17,20-21,25-26,30,39H,9-13,18-19H2,1-8H3,(H,36,42)(H,37,40). The van der Waals surface area contributed by atoms with Gasteiger partial charge in [0.2, 0.25) is 17.7 Å². The molecule has 0 aliphatic carbocycles. The van der Waals surface area contributed by atoms with Gasteiger partial charge in [0, 0.05) is 25.8 Å². The lowest BCUT2D eigenvalue weighted by Crippen LogP contribution is -2.57. The van der Waals surface area contributed by atoms with Crippen molar-refractivity contribution in [3.8, 4) is 10.4 Å². The summed E-state index contributed by atoms with van der Waals surface area (Å²) >= 11 is 1.58. The molecule has 3 rings (SSSR count). The minimum atomic E-state index is -0.882. The average Bonchev–Trinajstić information content (AvgIpc) is 3.55. The maximum absolute atomic E-state index is 13.9. The number of thiazole rings is 1. The first kappa shape index (κ1) is 36.2. The quantitative estimate of drug-likeness (QED) is 0.217. The highest BCUT2D eigenvalue weighted by Crippen LogP contribution is 2.29. The van der Waals surface area contributed by atoms with Crippen LogP contribution in [0.3, 0.4) is 0 Å². The lowest BCUT2D eigenvalue weighted by atomic mass is 9.85. The first-order valence-electron chi connectivity index (χ1n) is 15.8. The van der Waals surface area contributed by atoms with Crippen LogP contribution in [0.1, 0.15) is 104 Å². The van der Waals surface area contributed by atoms with E-state index < -0.39 is 35.1 Å². The molecule has 1 aliphatic rings. The number of aliphatic hydroxyl groups is 1. The summed E-state index contributed by atoms with van der Waals surface area (Å²) in [6, 6.07) is 5.88. The number of amides is 3. The predicted octanol–water partition coefficient (Wildman–Crippen LogP) is 5.08. The Balaban J connectivity index is 1.58. The van der Waals surface area contributed by atoms with Crippen molar-refractivity contribution in [3.05, 3.63) is 41.0 Å². The van der Waals surface area contributed by atoms with E-state index in [0.29, 0.717) is 25.7 Å². The van der Waals surface area contributed by atoms with Crippen molar-refractivity contribution in [2.45, 2.75) is 124 Å². The monoisotopic (exact) mass is 642 g/mol. The molecule has 1 aliphatic heterocycles. The molecular weight excluding hydrogens is 592 g/mol. The van der Waals surface area contributed by atoms with Gasteiger partial charge in [0.15, 0.2) is 0 Å². The fraction of sp³-hybridized carbons (Fsp3) is 0.618. The number of β-amino-alcohol motifs (C(OH)–C–C–N with tert-alkyl or cyclic N) is 1. The summed E-state index contributed by atoms with van der Waals surface area (Å²) in [6.07, 6.45) is 1.63. The molecule has 45 heavy (non-hydrogen) atoms. The van der Waals surface area contributed by atoms with E-state index in [0.717, 1.165) is 21.7 Å². The second kappa shape index (κ2) is 15.3. The summed E-state index contributed by atoms with van der Waals surface area (Å²) in [5.41, 5.74) is 3.60. The summed E-state index contributed by atoms with van der Waals surface area (Å²) in [6.45, 7) is 14.9. The van der Waals surface area contributed by atoms with E-state index in [9.17, 15) is 24.3 Å². The van der Waals surface area contributed by atoms with E-state index in [1.54, 1.807) is 11.3 Å². The molecule has 10 nitrogen and oxygen atoms in total. The number of aliphatic hydroxyl groups excluding tert-OH is 1. The molecule has 0 radical (unpaired) electrons. The molecule has 3 N–H and O–H groups in total. The van der Waals surface area contributed by atoms with Crippen molar-refractivity contribution in [3.63, 3.8) is 0 Å². The van der Waals surface area contributed by atoms with Crippen molar-refractivity contribution in [1.82, 2.24) is 20.5 Å². The molecule has 2 aromatic rings. The van der Waals surface area contributed by atoms with Crippen LogP contribution < -0.4 is 10.6 Å². The number of hydrogen-bond acceptors (Lipinski definition) is 8. The molecule has 4 atom stereocenters. The Morgan fingerprint density at radius 3 is 2.24 bits per heavy atom. The van der Waals surface area contributed by atoms with Gasteiger partial charge in [-0.3, -0.25) is 19.2 Å². The van der Waals surface area contributed by atoms with Crippen LogP contribution in [0, 0.1) is 12.3 Å². The number of likely N-dealkylation sites (tertiary alicyclic amines) is 1. The number of carbonyl (C=O) groups excluding carboxylic acids is 4. The third kappa shape index (κ3) is 10.6. The number of nitrogens with zero attached hydrogens (tertiary/aromatic N) is 2. The summed E-state index contributed by atoms with van der Waals surface area (Å²) in [7, 11) is 0. The molecule has 2 heterocycles. The summed E-state index contributed by atoms with van der Waals surface area (Å²) in [5.74, 6) is -1.27. The molecule has 1 aromatic carbocycles. The van der Waals surface area contributed by atoms with Gasteiger partial charge in [-0.2, -0.15) is 0 Å². The van der Waals surface area contributed by atoms with Crippen LogP contribution >= 0.6 is 11.3 Å². The van der Waals surface area contributed by atoms with Crippen molar-refractivity contribution < 1.29 is 29.0 Å². The van der Waals surface area contributed by atoms with Gasteiger partial charge < -0.3 is 25.4 Å². The Labute approximate surface area is 271 Å². The van der Waals surface area contributed by atoms with Crippen LogP contribution in [0.5, 0.6) is 0 Å². The second-order valence-electron chi connectivity index (χ2n) is 14.0. The highest BCUT2D eigenvalue weighted by atomic mass is 32.1. The maximum Gasteiger partial charge on any atom is 0.306 e. The zero-order valence-corrected chi connectivity index (χ0v) is 28.8. The van der Waals surface area contributed by atoms with Crippen LogP contribution in [0.2, 0.25) is 0 Å². The summed E-state index contributed by atoms with van der Waals surface area (Å²) < 4.78 is 5.32. The number of aromatic nitrogens is 1. The zero-order valence-electron chi connectivity index (χ0n) is 27.9. The SMILES string of the molecule is Cc1ncsc1-c1ccc(C(C)NC(=O)C2CC(O)CN2C(=O)C(NC(=O)CCCCCC(=O)OC(C)(C)C)C(C)(C)C)cc1. The minimum absolute atomic E-state index is 0.0152. The van der Waals surface area contributed by atoms with E-state index in [1.807, 2.05) is 85.2 Å². The molecular formula is C34H50N4O6S. The summed E-state index contributed by atoms with van der Waals surface area (Å²) in [4.78, 5) is 58.9. The van der Waals surface area contributed by atoms with Gasteiger partial charge >= 0.3 is 5.97 Å². The van der Waals surface area contributed by atoms with Crippen molar-refractivity contribution in [2.24, 2.45) is 5.41 Å². The second-order valence-corrected chi connectivity index (χ2v) is 14.9. The number of ether oxygens (including phenoxy) is 1. The smallest absolute Gasteiger partial charge is 0.306 e. The lowest BCUT2D eigenvalue weighted by molar-refractivity contribution is -0.155. The number of benzene rings is 1. The first-order chi connectivity index (χ1) is 21.0. The largest absolute Gasteiger partial charge is 0.460 e. The van der Waals surface area contributed by atoms with Crippen LogP contribution in [0.15, 0.2) is 29.8 Å². The van der Waals surface area contributed by atoms with E-state index in [1.165, 1.54) is 4.90 Å². The molecule has 1 aromatic heterocycles. The van der Waals surface area contributed by atoms with Gasteiger partial charge in [-0.1, -0.05) is 51.5 Å². The van der Waals surface area contributed by atoms with Crippen LogP contribution in [0.25, 0.3) is 10.4 Å². The summed E-state index contributed by atoms with van der Waals surface area (Å²) in [5, 5.41) is 16.4. The number of aryl methyl sites for hydroxylation is 1. The molecule has 3 amide bonds. The van der Waals surface area contributed by atoms with Crippen molar-refractivity contribution in [1.29, 1.82) is 0 Å². The molecule has 248 valence electrons. The topological polar surface area (TPSA) is 138 Å². The Bertz CT molecular complexity index is 1330. The normalized spacial score (nSPS) is 18.3. The van der Waals surface area contributed by atoms with Crippen molar-refractivity contribution in [2.75, 3.05) is 6.54 Å². The Kier molecular flexibility index (Phi) is 12.3. The van der Waals surface area contributed by atoms with Crippen LogP contribution in [0.4, 0.5) is 0 Å². The number of unbranched alkanes of at least 4 members (excludes halogenated alkanes) is 2. The zero-order chi connectivity index (χ0) is 33.5. The number of rotatable bonds is 12. The Morgan fingerprint density at radius 2 is 1.67 bits per heavy atom. The maximum atomic E-state index is 13.9. The molecule has 1 saturated heterocycles. The number of nitrogens with one attached hydrogen (secondary N) is 2. The van der Waals surface area contributed by atoms with Gasteiger partial charge in [-0.25, -0.2) is 4.98 Å². The van der Waals surface area contributed by atoms with Crippen LogP contribution in [-0.2, 0) is 23.9 Å². The Hall–Kier alpha value is -3.31. The lowest BCUT2D eigenvalue weighted by Gasteiger charge is -2.35. The van der Waals surface area contributed by atoms with Gasteiger partial charge in [-0.05, 0) is 64.0 Å². The van der Waals surface area contributed by atoms with Crippen molar-refractivity contribution >= 4 is 35.0 Å². The van der Waals surface area contributed by atoms with E-state index in [4.69, 9.17) is 4.74 Å². The molecule has 0 bridgehead atoms. The highest BCUT2D eigenvalue weighted by Gasteiger charge is 2.44. The van der Waals surface area contributed by atoms with Gasteiger partial charge in [-0.15, -0.1) is 11.3 Å². The van der Waals surface area contributed by atoms with E-state index in [-0.39, 0.29) is 43.2 Å². The number of hydrogen-bond donors (Lipinski definition) is 3. The fourth-order valence-corrected chi connectivity index (χ4v) is 6.18. The third-order valence-electron chi connectivity index (χ3n) is 7.76. The molecule has 0 spiro atoms. The predicted molar refractivity (Wildman–Crippen MR) is 175 cm³/mol. The van der Waals surface area contributed by atoms with Gasteiger partial charge in [0.05, 0.1) is 28.2 Å². The van der Waals surface area contributed by atoms with E-state index in [2.05, 4.69) is 15.6 Å². The average molecular weight is 643 g/mol. The molecule has 0 saturated carbocycles. The molecule has 11 heteroatoms. The number of esters is 1. The van der Waals surface area contributed by atoms with Gasteiger partial charge in [0.25, 0.3) is 0 Å². The van der Waals surface area contributed by atoms with E-state index >= 15 is 0 Å². The first-order valence-corrected chi connectivity index (χ1v) is 16.6. The Morgan fingerprint density at radius 1 is 1.02 bits per heavy atom. The fourth-order valence-electron chi connectivity index (χ4n) is 5.37. The highest BCUT2D eigenvalue weighted by molar-refractivity contribution is 7.13. The number of carbonyl (C=O) groups is 4. The van der Waals surface area contributed by atoms with Gasteiger partial charge in [0.1, 0.15) is 17.7 Å². The molecule has 1 fully saturated rings.